The number of hydrogen-bond acceptors (Lipinski definition) is 4. The van der Waals surface area contributed by atoms with E-state index in [1.165, 1.54) is 5.52 Å². The van der Waals surface area contributed by atoms with Crippen LogP contribution in [0.3, 0.4) is 0 Å². The summed E-state index contributed by atoms with van der Waals surface area (Å²) in [6.45, 7) is 6.27. The number of hydrogen-bond donors (Lipinski definition) is 2. The van der Waals surface area contributed by atoms with Crippen molar-refractivity contribution in [3.8, 4) is 0 Å². The van der Waals surface area contributed by atoms with Gasteiger partial charge >= 0.3 is 0 Å². The molecular weight excluding hydrogens is 282 g/mol. The molecule has 2 rings (SSSR count). The van der Waals surface area contributed by atoms with Gasteiger partial charge in [0.2, 0.25) is 0 Å². The topological polar surface area (TPSA) is 50.1 Å². The Morgan fingerprint density at radius 3 is 2.86 bits per heavy atom. The zero-order valence-corrected chi connectivity index (χ0v) is 13.9. The van der Waals surface area contributed by atoms with Gasteiger partial charge in [0.05, 0.1) is 23.2 Å². The number of aromatic nitrogens is 2. The van der Waals surface area contributed by atoms with Crippen LogP contribution < -0.4 is 5.32 Å². The quantitative estimate of drug-likeness (QED) is 0.787. The summed E-state index contributed by atoms with van der Waals surface area (Å²) in [7, 11) is 0. The number of nitrogens with zero attached hydrogens (tertiary/aromatic N) is 2. The number of aliphatic hydroxyl groups is 1. The van der Waals surface area contributed by atoms with Crippen molar-refractivity contribution in [1.82, 2.24) is 14.9 Å². The van der Waals surface area contributed by atoms with Crippen molar-refractivity contribution in [3.63, 3.8) is 0 Å². The maximum atomic E-state index is 10.2. The van der Waals surface area contributed by atoms with Gasteiger partial charge in [-0.25, -0.2) is 4.98 Å². The summed E-state index contributed by atoms with van der Waals surface area (Å²) >= 11 is 1.66. The highest BCUT2D eigenvalue weighted by molar-refractivity contribution is 7.98. The van der Waals surface area contributed by atoms with Crippen molar-refractivity contribution in [2.45, 2.75) is 39.0 Å². The molecule has 1 heterocycles. The Labute approximate surface area is 131 Å². The van der Waals surface area contributed by atoms with Gasteiger partial charge in [0.25, 0.3) is 0 Å². The molecule has 1 unspecified atom stereocenters. The normalized spacial score (nSPS) is 14.5. The third-order valence-electron chi connectivity index (χ3n) is 3.43. The lowest BCUT2D eigenvalue weighted by atomic mass is 10.1. The fourth-order valence-electron chi connectivity index (χ4n) is 2.54. The number of para-hydroxylation sites is 2. The van der Waals surface area contributed by atoms with Crippen LogP contribution in [0.25, 0.3) is 11.0 Å². The largest absolute Gasteiger partial charge is 0.388 e. The van der Waals surface area contributed by atoms with Gasteiger partial charge in [0, 0.05) is 18.8 Å². The maximum Gasteiger partial charge on any atom is 0.123 e. The molecule has 2 aromatic rings. The van der Waals surface area contributed by atoms with Gasteiger partial charge in [0.15, 0.2) is 0 Å². The smallest absolute Gasteiger partial charge is 0.123 e. The molecule has 0 saturated heterocycles. The second kappa shape index (κ2) is 7.29. The lowest BCUT2D eigenvalue weighted by molar-refractivity contribution is 0.0843. The number of rotatable bonds is 8. The Morgan fingerprint density at radius 2 is 2.14 bits per heavy atom. The molecule has 0 saturated carbocycles. The fraction of sp³-hybridized carbons (Fsp3) is 0.562. The number of thioether (sulfide) groups is 1. The molecule has 5 heteroatoms. The Kier molecular flexibility index (Phi) is 5.67. The van der Waals surface area contributed by atoms with Gasteiger partial charge in [0.1, 0.15) is 5.82 Å². The summed E-state index contributed by atoms with van der Waals surface area (Å²) in [6, 6.07) is 8.24. The minimum Gasteiger partial charge on any atom is -0.388 e. The molecule has 1 aromatic heterocycles. The van der Waals surface area contributed by atoms with Crippen LogP contribution in [-0.2, 0) is 13.1 Å². The van der Waals surface area contributed by atoms with Crippen LogP contribution in [0.4, 0.5) is 0 Å². The molecular formula is C16H25N3OS. The predicted molar refractivity (Wildman–Crippen MR) is 90.7 cm³/mol. The van der Waals surface area contributed by atoms with Crippen LogP contribution in [0.2, 0.25) is 0 Å². The van der Waals surface area contributed by atoms with Crippen molar-refractivity contribution in [2.75, 3.05) is 18.6 Å². The summed E-state index contributed by atoms with van der Waals surface area (Å²) in [5.41, 5.74) is 1.55. The lowest BCUT2D eigenvalue weighted by Gasteiger charge is -2.22. The van der Waals surface area contributed by atoms with E-state index in [1.807, 2.05) is 19.2 Å². The highest BCUT2D eigenvalue weighted by Gasteiger charge is 2.19. The molecule has 4 nitrogen and oxygen atoms in total. The molecule has 1 atom stereocenters. The molecule has 21 heavy (non-hydrogen) atoms. The molecule has 0 amide bonds. The fourth-order valence-corrected chi connectivity index (χ4v) is 3.26. The van der Waals surface area contributed by atoms with Gasteiger partial charge in [-0.1, -0.05) is 19.1 Å². The van der Waals surface area contributed by atoms with Crippen LogP contribution >= 0.6 is 11.8 Å². The number of imidazole rings is 1. The second-order valence-electron chi connectivity index (χ2n) is 5.70. The van der Waals surface area contributed by atoms with Crippen LogP contribution in [-0.4, -0.2) is 38.8 Å². The van der Waals surface area contributed by atoms with Crippen molar-refractivity contribution >= 4 is 22.8 Å². The molecule has 116 valence electrons. The van der Waals surface area contributed by atoms with Gasteiger partial charge in [-0.05, 0) is 31.7 Å². The van der Waals surface area contributed by atoms with E-state index in [4.69, 9.17) is 4.98 Å². The number of benzene rings is 1. The van der Waals surface area contributed by atoms with Crippen molar-refractivity contribution in [3.05, 3.63) is 30.1 Å². The first-order valence-corrected chi connectivity index (χ1v) is 8.83. The van der Waals surface area contributed by atoms with E-state index < -0.39 is 5.60 Å². The second-order valence-corrected chi connectivity index (χ2v) is 6.57. The zero-order chi connectivity index (χ0) is 15.3. The van der Waals surface area contributed by atoms with Crippen molar-refractivity contribution < 1.29 is 5.11 Å². The Morgan fingerprint density at radius 1 is 1.38 bits per heavy atom. The van der Waals surface area contributed by atoms with E-state index in [1.54, 1.807) is 11.8 Å². The highest BCUT2D eigenvalue weighted by atomic mass is 32.2. The van der Waals surface area contributed by atoms with E-state index in [2.05, 4.69) is 35.0 Å². The molecule has 0 aliphatic heterocycles. The average Bonchev–Trinajstić information content (AvgIpc) is 2.77. The van der Waals surface area contributed by atoms with E-state index in [9.17, 15) is 5.11 Å². The summed E-state index contributed by atoms with van der Waals surface area (Å²) < 4.78 is 2.27. The molecule has 0 fully saturated rings. The van der Waals surface area contributed by atoms with Gasteiger partial charge in [-0.2, -0.15) is 11.8 Å². The first-order chi connectivity index (χ1) is 10.1. The van der Waals surface area contributed by atoms with E-state index in [0.717, 1.165) is 30.1 Å². The molecule has 0 bridgehead atoms. The third-order valence-corrected chi connectivity index (χ3v) is 4.34. The van der Waals surface area contributed by atoms with Gasteiger partial charge in [-0.15, -0.1) is 0 Å². The molecule has 0 aliphatic carbocycles. The maximum absolute atomic E-state index is 10.2. The van der Waals surface area contributed by atoms with E-state index >= 15 is 0 Å². The molecule has 0 aliphatic rings. The Balaban J connectivity index is 2.09. The number of fused-ring (bicyclic) bond motifs is 1. The molecule has 0 spiro atoms. The third kappa shape index (κ3) is 4.22. The SMILES string of the molecule is CCCn1c(CNCC(C)(O)CSC)nc2ccccc21. The highest BCUT2D eigenvalue weighted by Crippen LogP contribution is 2.17. The van der Waals surface area contributed by atoms with Gasteiger partial charge in [-0.3, -0.25) is 0 Å². The van der Waals surface area contributed by atoms with Crippen molar-refractivity contribution in [2.24, 2.45) is 0 Å². The van der Waals surface area contributed by atoms with Crippen LogP contribution in [0.1, 0.15) is 26.1 Å². The number of aryl methyl sites for hydroxylation is 1. The standard InChI is InChI=1S/C16H25N3OS/c1-4-9-19-14-8-6-5-7-13(14)18-15(19)10-17-11-16(2,20)12-21-3/h5-8,17,20H,4,9-12H2,1-3H3. The summed E-state index contributed by atoms with van der Waals surface area (Å²) in [4.78, 5) is 4.71. The summed E-state index contributed by atoms with van der Waals surface area (Å²) in [5, 5.41) is 13.5. The Bertz CT molecular complexity index is 580. The molecule has 1 aromatic carbocycles. The minimum absolute atomic E-state index is 0.573. The van der Waals surface area contributed by atoms with Crippen molar-refractivity contribution in [1.29, 1.82) is 0 Å². The lowest BCUT2D eigenvalue weighted by Crippen LogP contribution is -2.40. The Hall–Kier alpha value is -1.04. The first kappa shape index (κ1) is 16.3. The van der Waals surface area contributed by atoms with Gasteiger partial charge < -0.3 is 15.0 Å². The number of nitrogens with one attached hydrogen (secondary N) is 1. The molecule has 2 N–H and O–H groups in total. The minimum atomic E-state index is -0.680. The van der Waals surface area contributed by atoms with Crippen LogP contribution in [0, 0.1) is 0 Å². The van der Waals surface area contributed by atoms with Crippen LogP contribution in [0.5, 0.6) is 0 Å². The zero-order valence-electron chi connectivity index (χ0n) is 13.1. The van der Waals surface area contributed by atoms with E-state index in [-0.39, 0.29) is 0 Å². The average molecular weight is 307 g/mol. The van der Waals surface area contributed by atoms with Crippen LogP contribution in [0.15, 0.2) is 24.3 Å². The van der Waals surface area contributed by atoms with E-state index in [0.29, 0.717) is 13.1 Å². The predicted octanol–water partition coefficient (Wildman–Crippen LogP) is 2.65. The molecule has 0 radical (unpaired) electrons. The monoisotopic (exact) mass is 307 g/mol. The first-order valence-electron chi connectivity index (χ1n) is 7.43. The summed E-state index contributed by atoms with van der Waals surface area (Å²) in [5.74, 6) is 1.77. The summed E-state index contributed by atoms with van der Waals surface area (Å²) in [6.07, 6.45) is 3.09.